The lowest BCUT2D eigenvalue weighted by molar-refractivity contribution is 1.04. The maximum atomic E-state index is 5.82. The van der Waals surface area contributed by atoms with E-state index in [-0.39, 0.29) is 0 Å². The van der Waals surface area contributed by atoms with Gasteiger partial charge in [-0.15, -0.1) is 11.6 Å². The third-order valence-electron chi connectivity index (χ3n) is 1.93. The van der Waals surface area contributed by atoms with E-state index in [1.165, 1.54) is 10.9 Å². The summed E-state index contributed by atoms with van der Waals surface area (Å²) in [4.78, 5) is 0. The van der Waals surface area contributed by atoms with Crippen LogP contribution in [0, 0.1) is 0 Å². The Morgan fingerprint density at radius 3 is 3.08 bits per heavy atom. The number of halogens is 2. The molecule has 68 valence electrons. The Morgan fingerprint density at radius 1 is 1.54 bits per heavy atom. The molecule has 1 heterocycles. The minimum absolute atomic E-state index is 0.549. The molecule has 1 aromatic heterocycles. The summed E-state index contributed by atoms with van der Waals surface area (Å²) in [5.74, 6) is 0.549. The third kappa shape index (κ3) is 1.69. The maximum absolute atomic E-state index is 5.82. The second kappa shape index (κ2) is 4.11. The molecular weight excluding hydrogens is 317 g/mol. The van der Waals surface area contributed by atoms with Crippen LogP contribution in [0.4, 0.5) is 0 Å². The molecule has 2 nitrogen and oxygen atoms in total. The Morgan fingerprint density at radius 2 is 2.38 bits per heavy atom. The van der Waals surface area contributed by atoms with Gasteiger partial charge in [-0.1, -0.05) is 12.1 Å². The summed E-state index contributed by atoms with van der Waals surface area (Å²) in [5.41, 5.74) is 2.32. The smallest absolute Gasteiger partial charge is 0.0732 e. The molecule has 13 heavy (non-hydrogen) atoms. The average Bonchev–Trinajstić information content (AvgIpc) is 2.60. The van der Waals surface area contributed by atoms with Gasteiger partial charge >= 0.3 is 0 Å². The van der Waals surface area contributed by atoms with Crippen LogP contribution in [-0.2, 0) is 5.88 Å². The number of benzene rings is 1. The van der Waals surface area contributed by atoms with Crippen LogP contribution < -0.4 is 0 Å². The molecule has 1 unspecified atom stereocenters. The van der Waals surface area contributed by atoms with E-state index >= 15 is 0 Å². The van der Waals surface area contributed by atoms with E-state index in [0.29, 0.717) is 12.3 Å². The van der Waals surface area contributed by atoms with E-state index < -0.39 is 0 Å². The van der Waals surface area contributed by atoms with Crippen molar-refractivity contribution in [1.29, 1.82) is 0 Å². The van der Waals surface area contributed by atoms with Gasteiger partial charge in [-0.25, -0.2) is 4.45 Å². The van der Waals surface area contributed by atoms with Crippen LogP contribution >= 0.6 is 40.0 Å². The number of hydrogen-bond acceptors (Lipinski definition) is 1. The summed E-state index contributed by atoms with van der Waals surface area (Å²) in [5, 5.41) is 5.45. The van der Waals surface area contributed by atoms with Gasteiger partial charge in [-0.3, -0.25) is 0 Å². The molecule has 0 saturated carbocycles. The van der Waals surface area contributed by atoms with Gasteiger partial charge < -0.3 is 0 Å². The van der Waals surface area contributed by atoms with Gasteiger partial charge in [0.15, 0.2) is 0 Å². The molecule has 0 fully saturated rings. The highest BCUT2D eigenvalue weighted by Crippen LogP contribution is 2.29. The van der Waals surface area contributed by atoms with Crippen molar-refractivity contribution >= 4 is 50.9 Å². The van der Waals surface area contributed by atoms with Crippen molar-refractivity contribution in [3.05, 3.63) is 30.0 Å². The lowest BCUT2D eigenvalue weighted by atomic mass is 10.1. The molecular formula is C8H7ClIN2P. The first kappa shape index (κ1) is 9.69. The first-order valence-corrected chi connectivity index (χ1v) is 8.34. The molecule has 0 radical (unpaired) electrons. The summed E-state index contributed by atoms with van der Waals surface area (Å²) in [6, 6.07) is 6.14. The lowest BCUT2D eigenvalue weighted by Gasteiger charge is -1.99. The predicted octanol–water partition coefficient (Wildman–Crippen LogP) is 3.57. The number of fused-ring (bicyclic) bond motifs is 1. The van der Waals surface area contributed by atoms with Crippen LogP contribution in [0.25, 0.3) is 10.9 Å². The van der Waals surface area contributed by atoms with E-state index in [0.717, 1.165) is 5.56 Å². The number of rotatable bonds is 2. The minimum atomic E-state index is 0.549. The number of alkyl halides is 1. The summed E-state index contributed by atoms with van der Waals surface area (Å²) < 4.78 is 1.99. The minimum Gasteiger partial charge on any atom is -0.237 e. The van der Waals surface area contributed by atoms with Gasteiger partial charge in [-0.05, 0) is 33.7 Å². The predicted molar refractivity (Wildman–Crippen MR) is 67.0 cm³/mol. The van der Waals surface area contributed by atoms with E-state index in [1.54, 1.807) is 0 Å². The molecule has 1 aromatic carbocycles. The number of hydrogen-bond donors (Lipinski definition) is 0. The fourth-order valence-electron chi connectivity index (χ4n) is 1.29. The van der Waals surface area contributed by atoms with Crippen molar-refractivity contribution in [2.45, 2.75) is 5.88 Å². The normalized spacial score (nSPS) is 11.8. The Bertz CT molecular complexity index is 429. The van der Waals surface area contributed by atoms with E-state index in [4.69, 9.17) is 11.6 Å². The first-order valence-electron chi connectivity index (χ1n) is 3.75. The standard InChI is InChI=1S/C8H7ClIN2P/c9-4-6-2-1-3-8-7(6)5-11-12(8)13-10/h1-3,5,13H,4H2. The molecule has 0 aliphatic heterocycles. The highest BCUT2D eigenvalue weighted by atomic mass is 127. The zero-order valence-electron chi connectivity index (χ0n) is 6.67. The highest BCUT2D eigenvalue weighted by Gasteiger charge is 2.04. The van der Waals surface area contributed by atoms with Gasteiger partial charge in [-0.2, -0.15) is 5.10 Å². The van der Waals surface area contributed by atoms with Crippen molar-refractivity contribution in [3.63, 3.8) is 0 Å². The van der Waals surface area contributed by atoms with Gasteiger partial charge in [0.05, 0.1) is 18.1 Å². The molecule has 0 saturated heterocycles. The molecule has 2 aromatic rings. The van der Waals surface area contributed by atoms with Crippen molar-refractivity contribution in [2.24, 2.45) is 0 Å². The van der Waals surface area contributed by atoms with Crippen LogP contribution in [0.5, 0.6) is 0 Å². The molecule has 2 rings (SSSR count). The zero-order valence-corrected chi connectivity index (χ0v) is 10.6. The first-order chi connectivity index (χ1) is 6.36. The van der Waals surface area contributed by atoms with Crippen molar-refractivity contribution in [1.82, 2.24) is 9.55 Å². The zero-order chi connectivity index (χ0) is 9.26. The molecule has 0 bridgehead atoms. The van der Waals surface area contributed by atoms with Crippen LogP contribution in [0.15, 0.2) is 24.4 Å². The summed E-state index contributed by atoms with van der Waals surface area (Å²) in [6.07, 6.45) is 2.53. The average molecular weight is 324 g/mol. The van der Waals surface area contributed by atoms with Crippen molar-refractivity contribution in [3.8, 4) is 0 Å². The van der Waals surface area contributed by atoms with Gasteiger partial charge in [0.2, 0.25) is 0 Å². The molecule has 0 N–H and O–H groups in total. The largest absolute Gasteiger partial charge is 0.237 e. The summed E-state index contributed by atoms with van der Waals surface area (Å²) >= 11 is 8.14. The topological polar surface area (TPSA) is 17.8 Å². The van der Waals surface area contributed by atoms with Gasteiger partial charge in [0, 0.05) is 11.3 Å². The molecule has 0 amide bonds. The van der Waals surface area contributed by atoms with Crippen molar-refractivity contribution < 1.29 is 0 Å². The molecule has 1 atom stereocenters. The Kier molecular flexibility index (Phi) is 3.06. The molecule has 5 heteroatoms. The number of aromatic nitrogens is 2. The second-order valence-electron chi connectivity index (χ2n) is 2.62. The van der Waals surface area contributed by atoms with Crippen LogP contribution in [0.3, 0.4) is 0 Å². The molecule has 0 aliphatic rings. The second-order valence-corrected chi connectivity index (χ2v) is 4.93. The van der Waals surface area contributed by atoms with E-state index in [2.05, 4.69) is 33.2 Å². The van der Waals surface area contributed by atoms with Crippen molar-refractivity contribution in [2.75, 3.05) is 0 Å². The maximum Gasteiger partial charge on any atom is 0.0732 e. The van der Waals surface area contributed by atoms with E-state index in [9.17, 15) is 0 Å². The molecule has 0 aliphatic carbocycles. The lowest BCUT2D eigenvalue weighted by Crippen LogP contribution is -1.82. The van der Waals surface area contributed by atoms with Gasteiger partial charge in [0.25, 0.3) is 0 Å². The fourth-order valence-corrected chi connectivity index (χ4v) is 3.07. The number of nitrogens with zero attached hydrogens (tertiary/aromatic N) is 2. The Balaban J connectivity index is 2.72. The quantitative estimate of drug-likeness (QED) is 0.469. The van der Waals surface area contributed by atoms with Crippen LogP contribution in [-0.4, -0.2) is 9.55 Å². The SMILES string of the molecule is ClCc1cccc2c1cnn2PI. The monoisotopic (exact) mass is 324 g/mol. The third-order valence-corrected chi connectivity index (χ3v) is 4.10. The summed E-state index contributed by atoms with van der Waals surface area (Å²) in [6.45, 7) is 0. The molecule has 0 spiro atoms. The Labute approximate surface area is 96.0 Å². The Hall–Kier alpha value is 0.140. The fraction of sp³-hybridized carbons (Fsp3) is 0.125. The van der Waals surface area contributed by atoms with Crippen LogP contribution in [0.2, 0.25) is 0 Å². The summed E-state index contributed by atoms with van der Waals surface area (Å²) in [7, 11) is 0. The van der Waals surface area contributed by atoms with E-state index in [1.807, 2.05) is 22.8 Å². The van der Waals surface area contributed by atoms with Gasteiger partial charge in [0.1, 0.15) is 0 Å². The van der Waals surface area contributed by atoms with Crippen LogP contribution in [0.1, 0.15) is 5.56 Å². The highest BCUT2D eigenvalue weighted by molar-refractivity contribution is 14.2.